The molecule has 0 fully saturated rings. The lowest BCUT2D eigenvalue weighted by atomic mass is 10.1. The highest BCUT2D eigenvalue weighted by Crippen LogP contribution is 2.25. The molecule has 0 saturated heterocycles. The van der Waals surface area contributed by atoms with Gasteiger partial charge in [-0.3, -0.25) is 0 Å². The zero-order valence-corrected chi connectivity index (χ0v) is 6.55. The second-order valence-corrected chi connectivity index (χ2v) is 2.70. The number of benzene rings is 1. The van der Waals surface area contributed by atoms with Crippen LogP contribution in [0.1, 0.15) is 20.3 Å². The zero-order chi connectivity index (χ0) is 9.47. The molecule has 1 aromatic rings. The second-order valence-electron chi connectivity index (χ2n) is 2.70. The van der Waals surface area contributed by atoms with E-state index in [-0.39, 0.29) is 0 Å². The second kappa shape index (κ2) is 2.57. The van der Waals surface area contributed by atoms with E-state index in [1.54, 1.807) is 7.11 Å². The van der Waals surface area contributed by atoms with Crippen LogP contribution in [0.25, 0.3) is 0 Å². The van der Waals surface area contributed by atoms with E-state index in [0.717, 1.165) is 23.3 Å². The lowest BCUT2D eigenvalue weighted by Gasteiger charge is -2.02. The summed E-state index contributed by atoms with van der Waals surface area (Å²) in [7, 11) is 1.60. The van der Waals surface area contributed by atoms with Gasteiger partial charge in [0.25, 0.3) is 0 Å². The lowest BCUT2D eigenvalue weighted by Crippen LogP contribution is -1.86. The molecular weight excluding hydrogens is 136 g/mol. The van der Waals surface area contributed by atoms with Gasteiger partial charge in [-0.1, -0.05) is 6.07 Å². The average Bonchev–Trinajstić information content (AvgIpc) is 2.42. The van der Waals surface area contributed by atoms with E-state index in [0.29, 0.717) is 6.42 Å². The summed E-state index contributed by atoms with van der Waals surface area (Å²) >= 11 is 0. The fraction of sp³-hybridized carbons (Fsp3) is 0.400. The van der Waals surface area contributed by atoms with Crippen LogP contribution >= 0.6 is 0 Å². The predicted molar refractivity (Wildman–Crippen MR) is 45.0 cm³/mol. The normalized spacial score (nSPS) is 21.9. The Balaban J connectivity index is 2.50. The first-order valence-corrected chi connectivity index (χ1v) is 3.81. The van der Waals surface area contributed by atoms with Gasteiger partial charge in [0.1, 0.15) is 5.75 Å². The Morgan fingerprint density at radius 3 is 3.18 bits per heavy atom. The van der Waals surface area contributed by atoms with E-state index < -0.39 is 6.37 Å². The first kappa shape index (κ1) is 4.81. The molecule has 0 unspecified atom stereocenters. The number of fused-ring (bicyclic) bond motifs is 1. The molecule has 0 N–H and O–H groups in total. The molecule has 11 heavy (non-hydrogen) atoms. The Morgan fingerprint density at radius 1 is 1.45 bits per heavy atom. The Hall–Kier alpha value is -0.980. The van der Waals surface area contributed by atoms with E-state index >= 15 is 0 Å². The third kappa shape index (κ3) is 1.11. The molecule has 0 aliphatic heterocycles. The molecule has 2 rings (SSSR count). The molecule has 0 saturated carbocycles. The van der Waals surface area contributed by atoms with Gasteiger partial charge in [-0.25, -0.2) is 0 Å². The van der Waals surface area contributed by atoms with E-state index in [1.807, 2.05) is 18.2 Å². The third-order valence-electron chi connectivity index (χ3n) is 2.03. The van der Waals surface area contributed by atoms with Crippen molar-refractivity contribution in [2.75, 3.05) is 7.11 Å². The minimum absolute atomic E-state index is 0.593. The molecule has 0 heterocycles. The van der Waals surface area contributed by atoms with Gasteiger partial charge in [0.05, 0.1) is 7.11 Å². The van der Waals surface area contributed by atoms with Crippen LogP contribution in [0, 0.1) is 0 Å². The SMILES string of the molecule is [2H]C1([2H])CCc2ccc(OC)cc21. The van der Waals surface area contributed by atoms with Gasteiger partial charge < -0.3 is 4.74 Å². The molecule has 1 aromatic carbocycles. The fourth-order valence-corrected chi connectivity index (χ4v) is 1.40. The molecule has 1 heteroatoms. The van der Waals surface area contributed by atoms with Crippen LogP contribution in [0.15, 0.2) is 18.2 Å². The quantitative estimate of drug-likeness (QED) is 0.596. The third-order valence-corrected chi connectivity index (χ3v) is 2.03. The van der Waals surface area contributed by atoms with Gasteiger partial charge in [0.2, 0.25) is 0 Å². The first-order valence-electron chi connectivity index (χ1n) is 4.81. The summed E-state index contributed by atoms with van der Waals surface area (Å²) in [6, 6.07) is 5.65. The molecule has 0 bridgehead atoms. The highest BCUT2D eigenvalue weighted by Gasteiger charge is 2.10. The Labute approximate surface area is 69.8 Å². The van der Waals surface area contributed by atoms with Crippen molar-refractivity contribution >= 4 is 0 Å². The molecule has 0 aromatic heterocycles. The Bertz CT molecular complexity index is 334. The summed E-state index contributed by atoms with van der Waals surface area (Å²) in [6.07, 6.45) is 0.270. The fourth-order valence-electron chi connectivity index (χ4n) is 1.40. The van der Waals surface area contributed by atoms with Crippen molar-refractivity contribution in [3.63, 3.8) is 0 Å². The van der Waals surface area contributed by atoms with Crippen molar-refractivity contribution in [3.05, 3.63) is 29.3 Å². The summed E-state index contributed by atoms with van der Waals surface area (Å²) in [5.74, 6) is 0.740. The Kier molecular flexibility index (Phi) is 1.12. The van der Waals surface area contributed by atoms with Crippen molar-refractivity contribution < 1.29 is 7.48 Å². The van der Waals surface area contributed by atoms with Crippen LogP contribution in [0.4, 0.5) is 0 Å². The molecule has 0 atom stereocenters. The number of rotatable bonds is 1. The topological polar surface area (TPSA) is 9.23 Å². The molecular formula is C10H12O. The number of ether oxygens (including phenoxy) is 1. The summed E-state index contributed by atoms with van der Waals surface area (Å²) in [5.41, 5.74) is 1.91. The van der Waals surface area contributed by atoms with Crippen LogP contribution in [0.5, 0.6) is 5.75 Å². The molecule has 1 aliphatic rings. The molecule has 1 nitrogen and oxygen atoms in total. The van der Waals surface area contributed by atoms with Gasteiger partial charge in [0, 0.05) is 2.74 Å². The van der Waals surface area contributed by atoms with Crippen LogP contribution in [-0.2, 0) is 12.8 Å². The number of hydrogen-bond donors (Lipinski definition) is 0. The van der Waals surface area contributed by atoms with Crippen LogP contribution in [0.2, 0.25) is 0 Å². The zero-order valence-electron chi connectivity index (χ0n) is 8.55. The number of aryl methyl sites for hydroxylation is 2. The van der Waals surface area contributed by atoms with E-state index in [1.165, 1.54) is 0 Å². The number of hydrogen-bond acceptors (Lipinski definition) is 1. The highest BCUT2D eigenvalue weighted by molar-refractivity contribution is 5.38. The van der Waals surface area contributed by atoms with Gasteiger partial charge in [-0.2, -0.15) is 0 Å². The van der Waals surface area contributed by atoms with E-state index in [2.05, 4.69) is 0 Å². The van der Waals surface area contributed by atoms with E-state index in [9.17, 15) is 0 Å². The van der Waals surface area contributed by atoms with Crippen molar-refractivity contribution in [2.45, 2.75) is 19.2 Å². The highest BCUT2D eigenvalue weighted by atomic mass is 16.5. The summed E-state index contributed by atoms with van der Waals surface area (Å²) in [5, 5.41) is 0. The molecule has 1 aliphatic carbocycles. The molecule has 0 radical (unpaired) electrons. The lowest BCUT2D eigenvalue weighted by molar-refractivity contribution is 0.414. The average molecular weight is 150 g/mol. The predicted octanol–water partition coefficient (Wildman–Crippen LogP) is 2.18. The number of methoxy groups -OCH3 is 1. The summed E-state index contributed by atoms with van der Waals surface area (Å²) < 4.78 is 20.6. The summed E-state index contributed by atoms with van der Waals surface area (Å²) in [6.45, 7) is 0. The maximum absolute atomic E-state index is 7.75. The van der Waals surface area contributed by atoms with Crippen molar-refractivity contribution in [3.8, 4) is 5.75 Å². The minimum Gasteiger partial charge on any atom is -0.497 e. The maximum Gasteiger partial charge on any atom is 0.119 e. The molecule has 0 spiro atoms. The maximum atomic E-state index is 7.75. The summed E-state index contributed by atoms with van der Waals surface area (Å²) in [4.78, 5) is 0. The smallest absolute Gasteiger partial charge is 0.119 e. The largest absolute Gasteiger partial charge is 0.497 e. The Morgan fingerprint density at radius 2 is 2.36 bits per heavy atom. The standard InChI is InChI=1S/C10H12O/c1-11-10-6-5-8-3-2-4-9(8)7-10/h5-7H,2-4H2,1H3/i4D2. The van der Waals surface area contributed by atoms with Gasteiger partial charge in [-0.15, -0.1) is 0 Å². The van der Waals surface area contributed by atoms with Crippen LogP contribution in [-0.4, -0.2) is 7.11 Å². The molecule has 0 amide bonds. The van der Waals surface area contributed by atoms with Crippen molar-refractivity contribution in [1.82, 2.24) is 0 Å². The van der Waals surface area contributed by atoms with Gasteiger partial charge in [0.15, 0.2) is 0 Å². The van der Waals surface area contributed by atoms with E-state index in [4.69, 9.17) is 7.48 Å². The molecule has 58 valence electrons. The minimum atomic E-state index is -1.16. The van der Waals surface area contributed by atoms with Gasteiger partial charge in [-0.05, 0) is 42.5 Å². The van der Waals surface area contributed by atoms with Crippen molar-refractivity contribution in [2.24, 2.45) is 0 Å². The monoisotopic (exact) mass is 150 g/mol. The van der Waals surface area contributed by atoms with Gasteiger partial charge >= 0.3 is 0 Å². The first-order chi connectivity index (χ1) is 6.13. The van der Waals surface area contributed by atoms with Crippen LogP contribution < -0.4 is 4.74 Å². The van der Waals surface area contributed by atoms with Crippen molar-refractivity contribution in [1.29, 1.82) is 0 Å². The van der Waals surface area contributed by atoms with Crippen LogP contribution in [0.3, 0.4) is 0 Å².